The van der Waals surface area contributed by atoms with E-state index in [1.165, 1.54) is 0 Å². The van der Waals surface area contributed by atoms with E-state index in [1.54, 1.807) is 0 Å². The van der Waals surface area contributed by atoms with Crippen LogP contribution in [0.1, 0.15) is 0 Å². The van der Waals surface area contributed by atoms with Crippen LogP contribution in [0.2, 0.25) is 0 Å². The number of nitrogens with two attached hydrogens (primary N) is 1. The van der Waals surface area contributed by atoms with Crippen LogP contribution in [0.4, 0.5) is 14.5 Å². The van der Waals surface area contributed by atoms with E-state index in [1.807, 2.05) is 0 Å². The largest absolute Gasteiger partial charge is 0.396 e. The molecule has 62 valence electrons. The zero-order valence-corrected chi connectivity index (χ0v) is 7.68. The molecule has 0 aliphatic rings. The first-order valence-electron chi connectivity index (χ1n) is 2.51. The highest BCUT2D eigenvalue weighted by molar-refractivity contribution is 9.10. The van der Waals surface area contributed by atoms with Crippen LogP contribution in [0, 0.1) is 11.6 Å². The lowest BCUT2D eigenvalue weighted by Gasteiger charge is -1.97. The van der Waals surface area contributed by atoms with Crippen molar-refractivity contribution in [3.63, 3.8) is 0 Å². The van der Waals surface area contributed by atoms with Crippen molar-refractivity contribution in [2.75, 3.05) is 5.73 Å². The van der Waals surface area contributed by atoms with Gasteiger partial charge in [-0.1, -0.05) is 0 Å². The van der Waals surface area contributed by atoms with Gasteiger partial charge in [0.2, 0.25) is 0 Å². The summed E-state index contributed by atoms with van der Waals surface area (Å²) in [6.45, 7) is 0. The molecule has 0 saturated carbocycles. The summed E-state index contributed by atoms with van der Waals surface area (Å²) >= 11 is 2.80. The standard InChI is InChI=1S/C6H4BrF2N.ClH/c7-4-1-3(8)2-5(10)6(4)9;/h1-2H,10H2;1H. The van der Waals surface area contributed by atoms with E-state index in [9.17, 15) is 8.78 Å². The van der Waals surface area contributed by atoms with Crippen LogP contribution in [-0.4, -0.2) is 0 Å². The molecule has 0 bridgehead atoms. The average molecular weight is 244 g/mol. The molecule has 11 heavy (non-hydrogen) atoms. The van der Waals surface area contributed by atoms with Crippen molar-refractivity contribution in [1.82, 2.24) is 0 Å². The Morgan fingerprint density at radius 2 is 1.82 bits per heavy atom. The summed E-state index contributed by atoms with van der Waals surface area (Å²) in [6.07, 6.45) is 0. The first-order valence-corrected chi connectivity index (χ1v) is 3.30. The molecule has 0 spiro atoms. The number of hydrogen-bond donors (Lipinski definition) is 1. The van der Waals surface area contributed by atoms with Crippen molar-refractivity contribution in [2.24, 2.45) is 0 Å². The third kappa shape index (κ3) is 2.31. The minimum absolute atomic E-state index is 0. The minimum atomic E-state index is -0.624. The van der Waals surface area contributed by atoms with Crippen LogP contribution in [0.15, 0.2) is 16.6 Å². The summed E-state index contributed by atoms with van der Waals surface area (Å²) in [5, 5.41) is 0. The van der Waals surface area contributed by atoms with E-state index in [2.05, 4.69) is 15.9 Å². The van der Waals surface area contributed by atoms with E-state index in [-0.39, 0.29) is 22.6 Å². The fourth-order valence-electron chi connectivity index (χ4n) is 0.576. The van der Waals surface area contributed by atoms with E-state index >= 15 is 0 Å². The molecule has 0 atom stereocenters. The van der Waals surface area contributed by atoms with Gasteiger partial charge in [0.15, 0.2) is 5.82 Å². The molecule has 5 heteroatoms. The lowest BCUT2D eigenvalue weighted by molar-refractivity contribution is 0.598. The Morgan fingerprint density at radius 1 is 1.27 bits per heavy atom. The highest BCUT2D eigenvalue weighted by Gasteiger charge is 2.04. The molecule has 1 aromatic rings. The molecular weight excluding hydrogens is 239 g/mol. The van der Waals surface area contributed by atoms with Crippen molar-refractivity contribution >= 4 is 34.0 Å². The van der Waals surface area contributed by atoms with Crippen molar-refractivity contribution in [3.8, 4) is 0 Å². The fourth-order valence-corrected chi connectivity index (χ4v) is 1.02. The number of benzene rings is 1. The number of nitrogen functional groups attached to an aromatic ring is 1. The number of halogens is 4. The number of hydrogen-bond acceptors (Lipinski definition) is 1. The van der Waals surface area contributed by atoms with Gasteiger partial charge in [-0.05, 0) is 28.1 Å². The molecule has 0 aromatic heterocycles. The maximum absolute atomic E-state index is 12.6. The fraction of sp³-hybridized carbons (Fsp3) is 0. The van der Waals surface area contributed by atoms with Crippen LogP contribution in [0.25, 0.3) is 0 Å². The molecule has 1 rings (SSSR count). The molecule has 0 radical (unpaired) electrons. The molecular formula is C6H5BrClF2N. The Morgan fingerprint density at radius 3 is 2.27 bits per heavy atom. The predicted molar refractivity (Wildman–Crippen MR) is 45.7 cm³/mol. The minimum Gasteiger partial charge on any atom is -0.396 e. The van der Waals surface area contributed by atoms with Crippen molar-refractivity contribution in [1.29, 1.82) is 0 Å². The van der Waals surface area contributed by atoms with Gasteiger partial charge in [0.05, 0.1) is 10.2 Å². The molecule has 0 fully saturated rings. The summed E-state index contributed by atoms with van der Waals surface area (Å²) in [5.74, 6) is -1.17. The van der Waals surface area contributed by atoms with Crippen LogP contribution in [0.5, 0.6) is 0 Å². The Hall–Kier alpha value is -0.350. The molecule has 1 aromatic carbocycles. The highest BCUT2D eigenvalue weighted by Crippen LogP contribution is 2.21. The quantitative estimate of drug-likeness (QED) is 0.551. The summed E-state index contributed by atoms with van der Waals surface area (Å²) in [7, 11) is 0. The van der Waals surface area contributed by atoms with E-state index in [0.29, 0.717) is 0 Å². The molecule has 1 nitrogen and oxygen atoms in total. The van der Waals surface area contributed by atoms with E-state index in [0.717, 1.165) is 12.1 Å². The maximum Gasteiger partial charge on any atom is 0.160 e. The molecule has 0 aliphatic heterocycles. The Labute approximate surface area is 77.1 Å². The predicted octanol–water partition coefficient (Wildman–Crippen LogP) is 2.73. The highest BCUT2D eigenvalue weighted by atomic mass is 79.9. The van der Waals surface area contributed by atoms with Gasteiger partial charge in [-0.2, -0.15) is 0 Å². The van der Waals surface area contributed by atoms with Crippen LogP contribution in [0.3, 0.4) is 0 Å². The second-order valence-electron chi connectivity index (χ2n) is 1.79. The lowest BCUT2D eigenvalue weighted by Crippen LogP contribution is -1.92. The monoisotopic (exact) mass is 243 g/mol. The Kier molecular flexibility index (Phi) is 3.75. The summed E-state index contributed by atoms with van der Waals surface area (Å²) in [5.41, 5.74) is 4.89. The van der Waals surface area contributed by atoms with Gasteiger partial charge in [0.1, 0.15) is 5.82 Å². The van der Waals surface area contributed by atoms with Crippen molar-refractivity contribution in [3.05, 3.63) is 28.2 Å². The summed E-state index contributed by atoms with van der Waals surface area (Å²) in [6, 6.07) is 1.95. The molecule has 0 heterocycles. The van der Waals surface area contributed by atoms with Crippen molar-refractivity contribution < 1.29 is 8.78 Å². The van der Waals surface area contributed by atoms with Gasteiger partial charge >= 0.3 is 0 Å². The molecule has 0 aliphatic carbocycles. The third-order valence-corrected chi connectivity index (χ3v) is 1.60. The van der Waals surface area contributed by atoms with Crippen LogP contribution >= 0.6 is 28.3 Å². The SMILES string of the molecule is Cl.Nc1cc(F)cc(Br)c1F. The zero-order chi connectivity index (χ0) is 7.72. The molecule has 2 N–H and O–H groups in total. The molecule has 0 amide bonds. The van der Waals surface area contributed by atoms with Gasteiger partial charge in [0, 0.05) is 0 Å². The normalized spacial score (nSPS) is 9.00. The third-order valence-electron chi connectivity index (χ3n) is 1.02. The second-order valence-corrected chi connectivity index (χ2v) is 2.65. The second kappa shape index (κ2) is 3.88. The van der Waals surface area contributed by atoms with Crippen molar-refractivity contribution in [2.45, 2.75) is 0 Å². The smallest absolute Gasteiger partial charge is 0.160 e. The Balaban J connectivity index is 0.000001000. The number of rotatable bonds is 0. The van der Waals surface area contributed by atoms with Gasteiger partial charge in [-0.25, -0.2) is 8.78 Å². The summed E-state index contributed by atoms with van der Waals surface area (Å²) in [4.78, 5) is 0. The van der Waals surface area contributed by atoms with Gasteiger partial charge in [0.25, 0.3) is 0 Å². The first-order chi connectivity index (χ1) is 4.61. The van der Waals surface area contributed by atoms with E-state index in [4.69, 9.17) is 5.73 Å². The lowest BCUT2D eigenvalue weighted by atomic mass is 10.3. The number of anilines is 1. The van der Waals surface area contributed by atoms with Crippen LogP contribution < -0.4 is 5.73 Å². The topological polar surface area (TPSA) is 26.0 Å². The first kappa shape index (κ1) is 10.7. The summed E-state index contributed by atoms with van der Waals surface area (Å²) < 4.78 is 25.0. The zero-order valence-electron chi connectivity index (χ0n) is 5.27. The van der Waals surface area contributed by atoms with Gasteiger partial charge in [-0.15, -0.1) is 12.4 Å². The molecule has 0 unspecified atom stereocenters. The van der Waals surface area contributed by atoms with Gasteiger partial charge in [-0.3, -0.25) is 0 Å². The maximum atomic E-state index is 12.6. The van der Waals surface area contributed by atoms with Gasteiger partial charge < -0.3 is 5.73 Å². The Bertz CT molecular complexity index is 244. The average Bonchev–Trinajstić information content (AvgIpc) is 1.82. The van der Waals surface area contributed by atoms with E-state index < -0.39 is 11.6 Å². The van der Waals surface area contributed by atoms with Crippen LogP contribution in [-0.2, 0) is 0 Å². The molecule has 0 saturated heterocycles.